The number of fused-ring (bicyclic) bond motifs is 1. The van der Waals surface area contributed by atoms with Crippen LogP contribution in [0, 0.1) is 0 Å². The van der Waals surface area contributed by atoms with Crippen molar-refractivity contribution in [1.29, 1.82) is 0 Å². The fourth-order valence-electron chi connectivity index (χ4n) is 2.49. The smallest absolute Gasteiger partial charge is 0.269 e. The number of nitrogens with zero attached hydrogens (tertiary/aromatic N) is 2. The standard InChI is InChI=1S/C14H21ClN3O3S/c1-18(2,6-7-19)5-3-4-9-8-22-14-10(16)13(21)17(14)11(9)12(15)20/h3-4,10,14,19H,5-8,16H2,1-2H3/q+1/b4-3+/t10-,14-/m1/s1. The van der Waals surface area contributed by atoms with Gasteiger partial charge in [0.05, 0.1) is 27.2 Å². The summed E-state index contributed by atoms with van der Waals surface area (Å²) in [6.45, 7) is 1.46. The number of aliphatic hydroxyl groups is 1. The Labute approximate surface area is 139 Å². The molecule has 0 spiro atoms. The highest BCUT2D eigenvalue weighted by Crippen LogP contribution is 2.40. The summed E-state index contributed by atoms with van der Waals surface area (Å²) in [4.78, 5) is 25.0. The lowest BCUT2D eigenvalue weighted by molar-refractivity contribution is -0.884. The Hall–Kier alpha value is -0.860. The number of allylic oxidation sites excluding steroid dienone is 2. The Morgan fingerprint density at radius 1 is 1.59 bits per heavy atom. The van der Waals surface area contributed by atoms with Crippen LogP contribution in [0.5, 0.6) is 0 Å². The third kappa shape index (κ3) is 3.38. The molecule has 2 atom stereocenters. The van der Waals surface area contributed by atoms with E-state index in [1.807, 2.05) is 26.2 Å². The minimum Gasteiger partial charge on any atom is -0.391 e. The van der Waals surface area contributed by atoms with Gasteiger partial charge in [-0.05, 0) is 23.3 Å². The maximum atomic E-state index is 11.9. The number of thioether (sulfide) groups is 1. The monoisotopic (exact) mass is 346 g/mol. The SMILES string of the molecule is C[N+](C)(C/C=C/C1=C(C(=O)Cl)N2C(=O)[C@@H](N)[C@H]2SC1)CCO. The normalized spacial score (nSPS) is 25.5. The van der Waals surface area contributed by atoms with Gasteiger partial charge in [-0.1, -0.05) is 6.08 Å². The van der Waals surface area contributed by atoms with Crippen LogP contribution in [-0.4, -0.2) is 76.6 Å². The maximum Gasteiger partial charge on any atom is 0.269 e. The minimum absolute atomic E-state index is 0.118. The number of halogens is 1. The minimum atomic E-state index is -0.630. The number of hydrogen-bond acceptors (Lipinski definition) is 5. The van der Waals surface area contributed by atoms with Gasteiger partial charge in [0.1, 0.15) is 23.7 Å². The van der Waals surface area contributed by atoms with Gasteiger partial charge in [-0.3, -0.25) is 14.5 Å². The van der Waals surface area contributed by atoms with Gasteiger partial charge >= 0.3 is 0 Å². The summed E-state index contributed by atoms with van der Waals surface area (Å²) < 4.78 is 0.633. The average Bonchev–Trinajstić information content (AvgIpc) is 2.45. The number of β-lactam (4-membered cyclic amide) rings is 1. The zero-order chi connectivity index (χ0) is 16.5. The molecule has 1 fully saturated rings. The van der Waals surface area contributed by atoms with E-state index in [4.69, 9.17) is 22.4 Å². The van der Waals surface area contributed by atoms with Gasteiger partial charge in [-0.25, -0.2) is 0 Å². The maximum absolute atomic E-state index is 11.9. The Morgan fingerprint density at radius 3 is 2.86 bits per heavy atom. The molecule has 2 aliphatic rings. The van der Waals surface area contributed by atoms with Crippen molar-refractivity contribution in [2.45, 2.75) is 11.4 Å². The van der Waals surface area contributed by atoms with Gasteiger partial charge in [-0.15, -0.1) is 11.8 Å². The van der Waals surface area contributed by atoms with Crippen LogP contribution in [0.1, 0.15) is 0 Å². The van der Waals surface area contributed by atoms with E-state index in [9.17, 15) is 9.59 Å². The third-order valence-corrected chi connectivity index (χ3v) is 5.35. The van der Waals surface area contributed by atoms with Crippen molar-refractivity contribution in [1.82, 2.24) is 4.90 Å². The van der Waals surface area contributed by atoms with Gasteiger partial charge in [0.25, 0.3) is 5.24 Å². The molecule has 0 saturated carbocycles. The van der Waals surface area contributed by atoms with Gasteiger partial charge in [0.15, 0.2) is 0 Å². The van der Waals surface area contributed by atoms with Crippen molar-refractivity contribution < 1.29 is 19.2 Å². The first kappa shape index (κ1) is 17.5. The van der Waals surface area contributed by atoms with Crippen LogP contribution in [0.4, 0.5) is 0 Å². The third-order valence-electron chi connectivity index (χ3n) is 3.85. The summed E-state index contributed by atoms with van der Waals surface area (Å²) in [7, 11) is 4.01. The first-order valence-electron chi connectivity index (χ1n) is 7.01. The van der Waals surface area contributed by atoms with E-state index in [0.29, 0.717) is 23.3 Å². The number of aliphatic hydroxyl groups excluding tert-OH is 1. The summed E-state index contributed by atoms with van der Waals surface area (Å²) in [6.07, 6.45) is 3.78. The molecule has 2 rings (SSSR count). The molecule has 2 aliphatic heterocycles. The predicted octanol–water partition coefficient (Wildman–Crippen LogP) is -0.127. The molecular weight excluding hydrogens is 326 g/mol. The van der Waals surface area contributed by atoms with Gasteiger partial charge in [0, 0.05) is 5.75 Å². The van der Waals surface area contributed by atoms with E-state index in [0.717, 1.165) is 5.57 Å². The zero-order valence-electron chi connectivity index (χ0n) is 12.7. The quantitative estimate of drug-likeness (QED) is 0.398. The van der Waals surface area contributed by atoms with Crippen LogP contribution in [0.25, 0.3) is 0 Å². The van der Waals surface area contributed by atoms with Crippen LogP contribution in [0.15, 0.2) is 23.4 Å². The summed E-state index contributed by atoms with van der Waals surface area (Å²) in [5.74, 6) is 0.336. The second-order valence-electron chi connectivity index (χ2n) is 6.05. The molecule has 0 aromatic heterocycles. The second-order valence-corrected chi connectivity index (χ2v) is 7.50. The lowest BCUT2D eigenvalue weighted by Gasteiger charge is -2.48. The molecule has 122 valence electrons. The largest absolute Gasteiger partial charge is 0.391 e. The Morgan fingerprint density at radius 2 is 2.27 bits per heavy atom. The van der Waals surface area contributed by atoms with E-state index in [1.54, 1.807) is 0 Å². The number of quaternary nitrogens is 1. The predicted molar refractivity (Wildman–Crippen MR) is 87.0 cm³/mol. The van der Waals surface area contributed by atoms with E-state index in [2.05, 4.69) is 0 Å². The average molecular weight is 347 g/mol. The molecule has 0 bridgehead atoms. The Kier molecular flexibility index (Phi) is 5.34. The summed E-state index contributed by atoms with van der Waals surface area (Å²) in [6, 6.07) is -0.554. The van der Waals surface area contributed by atoms with E-state index >= 15 is 0 Å². The Balaban J connectivity index is 2.17. The number of likely N-dealkylation sites (N-methyl/N-ethyl adjacent to an activating group) is 1. The number of amides is 1. The molecule has 0 unspecified atom stereocenters. The van der Waals surface area contributed by atoms with Crippen LogP contribution in [-0.2, 0) is 9.59 Å². The topological polar surface area (TPSA) is 83.6 Å². The summed E-state index contributed by atoms with van der Waals surface area (Å²) in [5.41, 5.74) is 6.73. The van der Waals surface area contributed by atoms with Crippen LogP contribution in [0.3, 0.4) is 0 Å². The van der Waals surface area contributed by atoms with Crippen LogP contribution < -0.4 is 5.73 Å². The van der Waals surface area contributed by atoms with Crippen molar-refractivity contribution in [2.75, 3.05) is 39.5 Å². The molecule has 0 aromatic carbocycles. The molecule has 2 heterocycles. The highest BCUT2D eigenvalue weighted by molar-refractivity contribution is 8.00. The molecule has 0 aromatic rings. The van der Waals surface area contributed by atoms with Crippen molar-refractivity contribution in [2.24, 2.45) is 5.73 Å². The van der Waals surface area contributed by atoms with E-state index < -0.39 is 11.3 Å². The van der Waals surface area contributed by atoms with Crippen LogP contribution in [0.2, 0.25) is 0 Å². The molecular formula is C14H21ClN3O3S+. The van der Waals surface area contributed by atoms with Crippen molar-refractivity contribution in [3.8, 4) is 0 Å². The molecule has 1 saturated heterocycles. The van der Waals surface area contributed by atoms with Gasteiger partial charge in [-0.2, -0.15) is 0 Å². The molecule has 6 nitrogen and oxygen atoms in total. The van der Waals surface area contributed by atoms with Crippen molar-refractivity contribution >= 4 is 34.5 Å². The van der Waals surface area contributed by atoms with Crippen molar-refractivity contribution in [3.05, 3.63) is 23.4 Å². The zero-order valence-corrected chi connectivity index (χ0v) is 14.2. The lowest BCUT2D eigenvalue weighted by Crippen LogP contribution is -2.68. The van der Waals surface area contributed by atoms with Gasteiger partial charge < -0.3 is 15.3 Å². The highest BCUT2D eigenvalue weighted by Gasteiger charge is 2.51. The van der Waals surface area contributed by atoms with E-state index in [1.165, 1.54) is 16.7 Å². The van der Waals surface area contributed by atoms with Gasteiger partial charge in [0.2, 0.25) is 5.91 Å². The molecule has 22 heavy (non-hydrogen) atoms. The number of carbonyl (C=O) groups excluding carboxylic acids is 2. The second kappa shape index (κ2) is 6.72. The number of nitrogens with two attached hydrogens (primary N) is 1. The lowest BCUT2D eigenvalue weighted by atomic mass is 10.0. The first-order valence-corrected chi connectivity index (χ1v) is 8.44. The number of hydrogen-bond donors (Lipinski definition) is 2. The fourth-order valence-corrected chi connectivity index (χ4v) is 3.97. The summed E-state index contributed by atoms with van der Waals surface area (Å²) >= 11 is 7.20. The fraction of sp³-hybridized carbons (Fsp3) is 0.571. The van der Waals surface area contributed by atoms with E-state index in [-0.39, 0.29) is 23.6 Å². The number of rotatable bonds is 6. The molecule has 8 heteroatoms. The molecule has 0 aliphatic carbocycles. The molecule has 0 radical (unpaired) electrons. The van der Waals surface area contributed by atoms with Crippen LogP contribution >= 0.6 is 23.4 Å². The molecule has 1 amide bonds. The Bertz CT molecular complexity index is 547. The van der Waals surface area contributed by atoms with Crippen molar-refractivity contribution in [3.63, 3.8) is 0 Å². The highest BCUT2D eigenvalue weighted by atomic mass is 35.5. The summed E-state index contributed by atoms with van der Waals surface area (Å²) in [5, 5.41) is 8.20. The molecule has 3 N–H and O–H groups in total. The number of carbonyl (C=O) groups is 2. The first-order chi connectivity index (χ1) is 10.3.